The highest BCUT2D eigenvalue weighted by atomic mass is 16.4. The van der Waals surface area contributed by atoms with Gasteiger partial charge in [-0.3, -0.25) is 0 Å². The molecule has 4 nitrogen and oxygen atoms in total. The molecule has 0 unspecified atom stereocenters. The third-order valence-electron chi connectivity index (χ3n) is 3.68. The molecule has 0 radical (unpaired) electrons. The molecule has 1 aliphatic carbocycles. The highest BCUT2D eigenvalue weighted by Crippen LogP contribution is 2.26. The van der Waals surface area contributed by atoms with Crippen molar-refractivity contribution in [1.82, 2.24) is 0 Å². The molecule has 1 aliphatic rings. The van der Waals surface area contributed by atoms with Crippen LogP contribution in [0.1, 0.15) is 53.6 Å². The topological polar surface area (TPSA) is 73.1 Å². The van der Waals surface area contributed by atoms with E-state index in [1.54, 1.807) is 19.1 Å². The largest absolute Gasteiger partial charge is 0.478 e. The molecule has 0 amide bonds. The Bertz CT molecular complexity index is 526. The summed E-state index contributed by atoms with van der Waals surface area (Å²) in [7, 11) is 0. The predicted molar refractivity (Wildman–Crippen MR) is 73.3 cm³/mol. The molecule has 0 bridgehead atoms. The van der Waals surface area contributed by atoms with Gasteiger partial charge in [-0.1, -0.05) is 19.3 Å². The maximum Gasteiger partial charge on any atom is 0.336 e. The summed E-state index contributed by atoms with van der Waals surface area (Å²) >= 11 is 0. The molecule has 19 heavy (non-hydrogen) atoms. The normalized spacial score (nSPS) is 15.8. The lowest BCUT2D eigenvalue weighted by molar-refractivity contribution is 0.0696. The molecule has 4 heteroatoms. The molecule has 1 saturated carbocycles. The van der Waals surface area contributed by atoms with Crippen LogP contribution >= 0.6 is 0 Å². The van der Waals surface area contributed by atoms with Gasteiger partial charge in [0, 0.05) is 6.04 Å². The molecule has 1 aromatic rings. The van der Waals surface area contributed by atoms with E-state index in [1.807, 2.05) is 0 Å². The number of rotatable bonds is 3. The highest BCUT2D eigenvalue weighted by Gasteiger charge is 2.17. The van der Waals surface area contributed by atoms with Gasteiger partial charge >= 0.3 is 5.97 Å². The van der Waals surface area contributed by atoms with Gasteiger partial charge in [0.2, 0.25) is 0 Å². The monoisotopic (exact) mass is 258 g/mol. The molecule has 2 N–H and O–H groups in total. The van der Waals surface area contributed by atoms with E-state index in [9.17, 15) is 4.79 Å². The van der Waals surface area contributed by atoms with Crippen molar-refractivity contribution in [2.75, 3.05) is 5.32 Å². The molecule has 0 atom stereocenters. The maximum absolute atomic E-state index is 11.2. The minimum Gasteiger partial charge on any atom is -0.478 e. The summed E-state index contributed by atoms with van der Waals surface area (Å²) in [4.78, 5) is 11.2. The van der Waals surface area contributed by atoms with Crippen LogP contribution in [0.15, 0.2) is 12.1 Å². The fourth-order valence-corrected chi connectivity index (χ4v) is 2.62. The Balaban J connectivity index is 2.29. The molecule has 0 aliphatic heterocycles. The predicted octanol–water partition coefficient (Wildman–Crippen LogP) is 3.31. The number of nitrogens with one attached hydrogen (secondary N) is 1. The molecule has 0 aromatic heterocycles. The van der Waals surface area contributed by atoms with Gasteiger partial charge in [0.15, 0.2) is 0 Å². The van der Waals surface area contributed by atoms with Crippen molar-refractivity contribution >= 4 is 11.7 Å². The zero-order valence-electron chi connectivity index (χ0n) is 11.1. The number of benzene rings is 1. The van der Waals surface area contributed by atoms with Crippen molar-refractivity contribution in [1.29, 1.82) is 5.26 Å². The fourth-order valence-electron chi connectivity index (χ4n) is 2.62. The average Bonchev–Trinajstić information content (AvgIpc) is 2.41. The lowest BCUT2D eigenvalue weighted by Gasteiger charge is -2.24. The molecule has 1 fully saturated rings. The van der Waals surface area contributed by atoms with Crippen molar-refractivity contribution < 1.29 is 9.90 Å². The van der Waals surface area contributed by atoms with E-state index in [0.29, 0.717) is 22.9 Å². The van der Waals surface area contributed by atoms with E-state index >= 15 is 0 Å². The number of carbonyl (C=O) groups is 1. The Morgan fingerprint density at radius 3 is 2.63 bits per heavy atom. The molecular formula is C15H18N2O2. The maximum atomic E-state index is 11.2. The number of nitrogens with zero attached hydrogens (tertiary/aromatic N) is 1. The second kappa shape index (κ2) is 5.75. The molecule has 1 aromatic carbocycles. The first-order chi connectivity index (χ1) is 9.11. The quantitative estimate of drug-likeness (QED) is 0.872. The van der Waals surface area contributed by atoms with Crippen LogP contribution in [0, 0.1) is 18.3 Å². The number of hydrogen-bond donors (Lipinski definition) is 2. The fraction of sp³-hybridized carbons (Fsp3) is 0.467. The number of hydrogen-bond acceptors (Lipinski definition) is 3. The first kappa shape index (κ1) is 13.4. The van der Waals surface area contributed by atoms with E-state index in [4.69, 9.17) is 10.4 Å². The van der Waals surface area contributed by atoms with Gasteiger partial charge in [-0.2, -0.15) is 5.26 Å². The van der Waals surface area contributed by atoms with Crippen LogP contribution in [0.2, 0.25) is 0 Å². The van der Waals surface area contributed by atoms with Gasteiger partial charge in [0.25, 0.3) is 0 Å². The van der Waals surface area contributed by atoms with Crippen LogP contribution in [0.4, 0.5) is 5.69 Å². The van der Waals surface area contributed by atoms with Crippen molar-refractivity contribution in [2.24, 2.45) is 0 Å². The Kier molecular flexibility index (Phi) is 4.06. The minimum absolute atomic E-state index is 0.261. The summed E-state index contributed by atoms with van der Waals surface area (Å²) in [5, 5.41) is 21.7. The van der Waals surface area contributed by atoms with Crippen LogP contribution in [-0.2, 0) is 0 Å². The van der Waals surface area contributed by atoms with Crippen LogP contribution in [0.25, 0.3) is 0 Å². The van der Waals surface area contributed by atoms with E-state index in [2.05, 4.69) is 11.4 Å². The number of carboxylic acids is 1. The first-order valence-corrected chi connectivity index (χ1v) is 6.66. The zero-order valence-corrected chi connectivity index (χ0v) is 11.1. The SMILES string of the molecule is Cc1cc(C#N)c(NC2CCCCC2)cc1C(=O)O. The molecule has 0 heterocycles. The lowest BCUT2D eigenvalue weighted by Crippen LogP contribution is -2.23. The van der Waals surface area contributed by atoms with E-state index in [0.717, 1.165) is 12.8 Å². The molecule has 2 rings (SSSR count). The Hall–Kier alpha value is -2.02. The second-order valence-electron chi connectivity index (χ2n) is 5.11. The van der Waals surface area contributed by atoms with Gasteiger partial charge in [-0.05, 0) is 37.5 Å². The van der Waals surface area contributed by atoms with E-state index in [-0.39, 0.29) is 5.56 Å². The lowest BCUT2D eigenvalue weighted by atomic mass is 9.94. The smallest absolute Gasteiger partial charge is 0.336 e. The Morgan fingerprint density at radius 1 is 1.37 bits per heavy atom. The van der Waals surface area contributed by atoms with Crippen molar-refractivity contribution in [2.45, 2.75) is 45.1 Å². The summed E-state index contributed by atoms with van der Waals surface area (Å²) in [5.74, 6) is -0.950. The second-order valence-corrected chi connectivity index (χ2v) is 5.11. The summed E-state index contributed by atoms with van der Waals surface area (Å²) in [6, 6.07) is 5.72. The van der Waals surface area contributed by atoms with E-state index < -0.39 is 5.97 Å². The summed E-state index contributed by atoms with van der Waals surface area (Å²) < 4.78 is 0. The summed E-state index contributed by atoms with van der Waals surface area (Å²) in [6.45, 7) is 1.72. The number of carboxylic acid groups (broad SMARTS) is 1. The third kappa shape index (κ3) is 3.05. The molecule has 0 spiro atoms. The molecule has 0 saturated heterocycles. The Labute approximate surface area is 113 Å². The highest BCUT2D eigenvalue weighted by molar-refractivity contribution is 5.91. The molecule has 100 valence electrons. The van der Waals surface area contributed by atoms with Gasteiger partial charge in [-0.25, -0.2) is 4.79 Å². The van der Waals surface area contributed by atoms with Crippen LogP contribution in [-0.4, -0.2) is 17.1 Å². The zero-order chi connectivity index (χ0) is 13.8. The third-order valence-corrected chi connectivity index (χ3v) is 3.68. The van der Waals surface area contributed by atoms with Crippen molar-refractivity contribution in [3.05, 3.63) is 28.8 Å². The van der Waals surface area contributed by atoms with Crippen LogP contribution < -0.4 is 5.32 Å². The van der Waals surface area contributed by atoms with Gasteiger partial charge in [0.1, 0.15) is 6.07 Å². The standard InChI is InChI=1S/C15H18N2O2/c1-10-7-11(9-16)14(8-13(10)15(18)19)17-12-5-3-2-4-6-12/h7-8,12,17H,2-6H2,1H3,(H,18,19). The number of aromatic carboxylic acids is 1. The van der Waals surface area contributed by atoms with Crippen molar-refractivity contribution in [3.8, 4) is 6.07 Å². The van der Waals surface area contributed by atoms with Gasteiger partial charge in [0.05, 0.1) is 16.8 Å². The number of nitriles is 1. The molecular weight excluding hydrogens is 240 g/mol. The van der Waals surface area contributed by atoms with Gasteiger partial charge in [-0.15, -0.1) is 0 Å². The average molecular weight is 258 g/mol. The minimum atomic E-state index is -0.950. The van der Waals surface area contributed by atoms with Crippen molar-refractivity contribution in [3.63, 3.8) is 0 Å². The number of aryl methyl sites for hydroxylation is 1. The van der Waals surface area contributed by atoms with E-state index in [1.165, 1.54) is 19.3 Å². The van der Waals surface area contributed by atoms with Crippen LogP contribution in [0.5, 0.6) is 0 Å². The first-order valence-electron chi connectivity index (χ1n) is 6.66. The Morgan fingerprint density at radius 2 is 2.05 bits per heavy atom. The number of anilines is 1. The summed E-state index contributed by atoms with van der Waals surface area (Å²) in [5.41, 5.74) is 2.06. The van der Waals surface area contributed by atoms with Gasteiger partial charge < -0.3 is 10.4 Å². The summed E-state index contributed by atoms with van der Waals surface area (Å²) in [6.07, 6.45) is 5.81. The van der Waals surface area contributed by atoms with Crippen LogP contribution in [0.3, 0.4) is 0 Å².